The molecule has 0 amide bonds. The van der Waals surface area contributed by atoms with E-state index in [4.69, 9.17) is 5.11 Å². The van der Waals surface area contributed by atoms with Gasteiger partial charge in [0.15, 0.2) is 0 Å². The highest BCUT2D eigenvalue weighted by Crippen LogP contribution is 2.07. The topological polar surface area (TPSA) is 55.1 Å². The molecule has 0 aliphatic rings. The van der Waals surface area contributed by atoms with Crippen LogP contribution >= 0.6 is 11.8 Å². The van der Waals surface area contributed by atoms with Crippen molar-refractivity contribution in [3.05, 3.63) is 17.7 Å². The van der Waals surface area contributed by atoms with Crippen molar-refractivity contribution in [3.63, 3.8) is 0 Å². The van der Waals surface area contributed by atoms with Crippen molar-refractivity contribution in [2.75, 3.05) is 11.5 Å². The summed E-state index contributed by atoms with van der Waals surface area (Å²) in [6, 6.07) is 0. The first-order valence-corrected chi connectivity index (χ1v) is 5.65. The fourth-order valence-corrected chi connectivity index (χ4v) is 1.82. The molecular weight excluding hydrogens is 200 g/mol. The van der Waals surface area contributed by atoms with Gasteiger partial charge in [-0.05, 0) is 12.7 Å². The van der Waals surface area contributed by atoms with E-state index in [1.54, 1.807) is 16.3 Å². The quantitative estimate of drug-likeness (QED) is 0.757. The number of carboxylic acid groups (broad SMARTS) is 1. The van der Waals surface area contributed by atoms with E-state index in [1.807, 2.05) is 6.92 Å². The molecule has 4 nitrogen and oxygen atoms in total. The van der Waals surface area contributed by atoms with Crippen LogP contribution in [0.25, 0.3) is 0 Å². The monoisotopic (exact) mass is 214 g/mol. The maximum absolute atomic E-state index is 10.8. The lowest BCUT2D eigenvalue weighted by atomic mass is 10.4. The van der Waals surface area contributed by atoms with Gasteiger partial charge in [0.25, 0.3) is 0 Å². The van der Waals surface area contributed by atoms with Gasteiger partial charge in [0.05, 0.1) is 6.20 Å². The fourth-order valence-electron chi connectivity index (χ4n) is 1.22. The number of aromatic carboxylic acids is 1. The summed E-state index contributed by atoms with van der Waals surface area (Å²) in [6.07, 6.45) is 1.41. The lowest BCUT2D eigenvalue weighted by molar-refractivity contribution is 0.0685. The summed E-state index contributed by atoms with van der Waals surface area (Å²) in [4.78, 5) is 14.8. The Morgan fingerprint density at radius 2 is 2.43 bits per heavy atom. The van der Waals surface area contributed by atoms with E-state index in [9.17, 15) is 4.79 Å². The lowest BCUT2D eigenvalue weighted by Crippen LogP contribution is -2.11. The maximum Gasteiger partial charge on any atom is 0.354 e. The number of aromatic nitrogens is 2. The summed E-state index contributed by atoms with van der Waals surface area (Å²) in [5.74, 6) is 1.83. The molecule has 1 N–H and O–H groups in total. The third kappa shape index (κ3) is 2.51. The van der Waals surface area contributed by atoms with Gasteiger partial charge in [-0.3, -0.25) is 0 Å². The first-order chi connectivity index (χ1) is 6.66. The third-order valence-corrected chi connectivity index (χ3v) is 2.82. The minimum Gasteiger partial charge on any atom is -0.477 e. The Morgan fingerprint density at radius 1 is 1.71 bits per heavy atom. The SMILES string of the molecule is CCSCCn1c(C(=O)O)cnc1C. The molecule has 1 aromatic heterocycles. The number of aryl methyl sites for hydroxylation is 1. The van der Waals surface area contributed by atoms with Gasteiger partial charge in [0, 0.05) is 12.3 Å². The van der Waals surface area contributed by atoms with E-state index < -0.39 is 5.97 Å². The summed E-state index contributed by atoms with van der Waals surface area (Å²) < 4.78 is 1.74. The molecule has 0 radical (unpaired) electrons. The summed E-state index contributed by atoms with van der Waals surface area (Å²) >= 11 is 1.79. The molecule has 0 unspecified atom stereocenters. The smallest absolute Gasteiger partial charge is 0.354 e. The number of thioether (sulfide) groups is 1. The van der Waals surface area contributed by atoms with Crippen LogP contribution in [-0.2, 0) is 6.54 Å². The summed E-state index contributed by atoms with van der Waals surface area (Å²) in [7, 11) is 0. The Hall–Kier alpha value is -0.970. The predicted molar refractivity (Wildman–Crippen MR) is 56.9 cm³/mol. The first kappa shape index (κ1) is 11.1. The number of carbonyl (C=O) groups is 1. The van der Waals surface area contributed by atoms with E-state index >= 15 is 0 Å². The van der Waals surface area contributed by atoms with E-state index in [2.05, 4.69) is 11.9 Å². The molecule has 0 aliphatic heterocycles. The Morgan fingerprint density at radius 3 is 3.00 bits per heavy atom. The van der Waals surface area contributed by atoms with Crippen LogP contribution in [0.2, 0.25) is 0 Å². The lowest BCUT2D eigenvalue weighted by Gasteiger charge is -2.06. The molecule has 0 aromatic carbocycles. The number of carboxylic acids is 1. The second kappa shape index (κ2) is 5.05. The zero-order chi connectivity index (χ0) is 10.6. The highest BCUT2D eigenvalue weighted by molar-refractivity contribution is 7.99. The van der Waals surface area contributed by atoms with E-state index in [-0.39, 0.29) is 5.69 Å². The van der Waals surface area contributed by atoms with Gasteiger partial charge in [-0.25, -0.2) is 9.78 Å². The van der Waals surface area contributed by atoms with Gasteiger partial charge in [-0.15, -0.1) is 0 Å². The Labute approximate surface area is 87.3 Å². The Kier molecular flexibility index (Phi) is 4.00. The molecule has 78 valence electrons. The second-order valence-electron chi connectivity index (χ2n) is 2.84. The molecule has 1 rings (SSSR count). The van der Waals surface area contributed by atoms with Crippen LogP contribution in [-0.4, -0.2) is 32.1 Å². The minimum absolute atomic E-state index is 0.277. The molecule has 0 aliphatic carbocycles. The minimum atomic E-state index is -0.910. The highest BCUT2D eigenvalue weighted by atomic mass is 32.2. The van der Waals surface area contributed by atoms with Crippen molar-refractivity contribution >= 4 is 17.7 Å². The molecule has 1 heterocycles. The van der Waals surface area contributed by atoms with Crippen molar-refractivity contribution in [1.29, 1.82) is 0 Å². The molecule has 0 atom stereocenters. The number of imidazole rings is 1. The Balaban J connectivity index is 2.72. The molecule has 0 spiro atoms. The van der Waals surface area contributed by atoms with Crippen molar-refractivity contribution in [2.45, 2.75) is 20.4 Å². The standard InChI is InChI=1S/C9H14N2O2S/c1-3-14-5-4-11-7(2)10-6-8(11)9(12)13/h6H,3-5H2,1-2H3,(H,12,13). The largest absolute Gasteiger partial charge is 0.477 e. The highest BCUT2D eigenvalue weighted by Gasteiger charge is 2.12. The number of nitrogens with zero attached hydrogens (tertiary/aromatic N) is 2. The molecule has 0 bridgehead atoms. The molecule has 0 saturated carbocycles. The van der Waals surface area contributed by atoms with E-state index in [1.165, 1.54) is 6.20 Å². The average Bonchev–Trinajstić information content (AvgIpc) is 2.48. The average molecular weight is 214 g/mol. The predicted octanol–water partition coefficient (Wildman–Crippen LogP) is 1.64. The van der Waals surface area contributed by atoms with Crippen molar-refractivity contribution in [3.8, 4) is 0 Å². The molecule has 0 saturated heterocycles. The van der Waals surface area contributed by atoms with Crippen molar-refractivity contribution < 1.29 is 9.90 Å². The van der Waals surface area contributed by atoms with Gasteiger partial charge >= 0.3 is 5.97 Å². The van der Waals surface area contributed by atoms with Crippen LogP contribution in [0.4, 0.5) is 0 Å². The number of hydrogen-bond donors (Lipinski definition) is 1. The van der Waals surface area contributed by atoms with Crippen LogP contribution in [0.1, 0.15) is 23.2 Å². The van der Waals surface area contributed by atoms with E-state index in [0.717, 1.165) is 17.3 Å². The number of rotatable bonds is 5. The van der Waals surface area contributed by atoms with Gasteiger partial charge in [-0.2, -0.15) is 11.8 Å². The zero-order valence-electron chi connectivity index (χ0n) is 8.36. The van der Waals surface area contributed by atoms with Gasteiger partial charge in [0.2, 0.25) is 0 Å². The summed E-state index contributed by atoms with van der Waals surface area (Å²) in [5.41, 5.74) is 0.277. The number of hydrogen-bond acceptors (Lipinski definition) is 3. The third-order valence-electron chi connectivity index (χ3n) is 1.94. The maximum atomic E-state index is 10.8. The van der Waals surface area contributed by atoms with Gasteiger partial charge < -0.3 is 9.67 Å². The van der Waals surface area contributed by atoms with Crippen LogP contribution in [0.5, 0.6) is 0 Å². The molecule has 0 fully saturated rings. The summed E-state index contributed by atoms with van der Waals surface area (Å²) in [6.45, 7) is 4.62. The summed E-state index contributed by atoms with van der Waals surface area (Å²) in [5, 5.41) is 8.87. The fraction of sp³-hybridized carbons (Fsp3) is 0.556. The van der Waals surface area contributed by atoms with Crippen LogP contribution < -0.4 is 0 Å². The first-order valence-electron chi connectivity index (χ1n) is 4.50. The second-order valence-corrected chi connectivity index (χ2v) is 4.24. The molecule has 1 aromatic rings. The van der Waals surface area contributed by atoms with Crippen LogP contribution in [0, 0.1) is 6.92 Å². The van der Waals surface area contributed by atoms with E-state index in [0.29, 0.717) is 6.54 Å². The van der Waals surface area contributed by atoms with Crippen LogP contribution in [0.3, 0.4) is 0 Å². The van der Waals surface area contributed by atoms with Crippen molar-refractivity contribution in [2.24, 2.45) is 0 Å². The molecular formula is C9H14N2O2S. The van der Waals surface area contributed by atoms with Crippen molar-refractivity contribution in [1.82, 2.24) is 9.55 Å². The zero-order valence-corrected chi connectivity index (χ0v) is 9.17. The molecule has 5 heteroatoms. The molecule has 14 heavy (non-hydrogen) atoms. The van der Waals surface area contributed by atoms with Gasteiger partial charge in [-0.1, -0.05) is 6.92 Å². The Bertz CT molecular complexity index is 323. The van der Waals surface area contributed by atoms with Crippen LogP contribution in [0.15, 0.2) is 6.20 Å². The normalized spacial score (nSPS) is 10.4. The van der Waals surface area contributed by atoms with Gasteiger partial charge in [0.1, 0.15) is 11.5 Å².